The van der Waals surface area contributed by atoms with E-state index in [9.17, 15) is 0 Å². The third-order valence-corrected chi connectivity index (χ3v) is 2.89. The summed E-state index contributed by atoms with van der Waals surface area (Å²) in [6, 6.07) is 0. The van der Waals surface area contributed by atoms with E-state index >= 15 is 0 Å². The molecule has 0 bridgehead atoms. The molecule has 0 saturated heterocycles. The van der Waals surface area contributed by atoms with E-state index in [-0.39, 0.29) is 0 Å². The van der Waals surface area contributed by atoms with Crippen LogP contribution in [0.3, 0.4) is 0 Å². The van der Waals surface area contributed by atoms with Crippen molar-refractivity contribution in [2.75, 3.05) is 0 Å². The van der Waals surface area contributed by atoms with Crippen molar-refractivity contribution in [3.63, 3.8) is 0 Å². The van der Waals surface area contributed by atoms with Crippen molar-refractivity contribution < 1.29 is 0 Å². The van der Waals surface area contributed by atoms with E-state index in [0.717, 1.165) is 11.8 Å². The Morgan fingerprint density at radius 1 is 1.14 bits per heavy atom. The Kier molecular flexibility index (Phi) is 7.93. The highest BCUT2D eigenvalue weighted by molar-refractivity contribution is 4.93. The lowest BCUT2D eigenvalue weighted by Crippen LogP contribution is -2.03. The molecule has 0 nitrogen and oxygen atoms in total. The third-order valence-electron chi connectivity index (χ3n) is 2.89. The van der Waals surface area contributed by atoms with E-state index in [2.05, 4.69) is 34.3 Å². The quantitative estimate of drug-likeness (QED) is 0.468. The lowest BCUT2D eigenvalue weighted by atomic mass is 9.89. The summed E-state index contributed by atoms with van der Waals surface area (Å²) in [4.78, 5) is 0. The van der Waals surface area contributed by atoms with Gasteiger partial charge in [0.2, 0.25) is 0 Å². The van der Waals surface area contributed by atoms with Crippen molar-refractivity contribution in [1.82, 2.24) is 0 Å². The van der Waals surface area contributed by atoms with Crippen LogP contribution in [0.1, 0.15) is 66.2 Å². The predicted molar refractivity (Wildman–Crippen MR) is 66.5 cm³/mol. The standard InChI is InChI=1S/C14H28/c1-6-8-13(5)9-10-14(7-2)11-12(3)4/h12,14H,5-11H2,1-4H3. The van der Waals surface area contributed by atoms with Gasteiger partial charge in [-0.2, -0.15) is 0 Å². The maximum Gasteiger partial charge on any atom is -0.0320 e. The Bertz CT molecular complexity index is 144. The van der Waals surface area contributed by atoms with Crippen LogP contribution in [-0.4, -0.2) is 0 Å². The number of allylic oxidation sites excluding steroid dienone is 1. The minimum atomic E-state index is 0.847. The van der Waals surface area contributed by atoms with Crippen molar-refractivity contribution in [3.8, 4) is 0 Å². The molecule has 0 spiro atoms. The van der Waals surface area contributed by atoms with Gasteiger partial charge < -0.3 is 0 Å². The van der Waals surface area contributed by atoms with Crippen LogP contribution in [0.5, 0.6) is 0 Å². The average Bonchev–Trinajstić information content (AvgIpc) is 2.12. The van der Waals surface area contributed by atoms with Gasteiger partial charge in [0.1, 0.15) is 0 Å². The van der Waals surface area contributed by atoms with E-state index in [4.69, 9.17) is 0 Å². The lowest BCUT2D eigenvalue weighted by Gasteiger charge is -2.17. The van der Waals surface area contributed by atoms with Gasteiger partial charge in [-0.05, 0) is 37.5 Å². The first kappa shape index (κ1) is 13.7. The van der Waals surface area contributed by atoms with E-state index in [0.29, 0.717) is 0 Å². The van der Waals surface area contributed by atoms with Crippen LogP contribution < -0.4 is 0 Å². The molecule has 14 heavy (non-hydrogen) atoms. The summed E-state index contributed by atoms with van der Waals surface area (Å²) < 4.78 is 0. The summed E-state index contributed by atoms with van der Waals surface area (Å²) >= 11 is 0. The highest BCUT2D eigenvalue weighted by Crippen LogP contribution is 2.23. The average molecular weight is 196 g/mol. The van der Waals surface area contributed by atoms with Gasteiger partial charge in [-0.15, -0.1) is 0 Å². The van der Waals surface area contributed by atoms with Crippen molar-refractivity contribution >= 4 is 0 Å². The Morgan fingerprint density at radius 2 is 1.79 bits per heavy atom. The second kappa shape index (κ2) is 8.08. The summed E-state index contributed by atoms with van der Waals surface area (Å²) in [5.41, 5.74) is 1.45. The second-order valence-corrected chi connectivity index (χ2v) is 4.94. The van der Waals surface area contributed by atoms with E-state index in [1.807, 2.05) is 0 Å². The Labute approximate surface area is 90.8 Å². The molecule has 0 aliphatic rings. The summed E-state index contributed by atoms with van der Waals surface area (Å²) in [6.07, 6.45) is 7.79. The van der Waals surface area contributed by atoms with E-state index in [1.54, 1.807) is 0 Å². The fourth-order valence-corrected chi connectivity index (χ4v) is 2.04. The first-order valence-corrected chi connectivity index (χ1v) is 6.26. The zero-order chi connectivity index (χ0) is 11.0. The molecule has 0 aromatic carbocycles. The molecule has 0 aliphatic carbocycles. The minimum Gasteiger partial charge on any atom is -0.0999 e. The molecule has 0 fully saturated rings. The van der Waals surface area contributed by atoms with Crippen LogP contribution in [0.15, 0.2) is 12.2 Å². The fraction of sp³-hybridized carbons (Fsp3) is 0.857. The van der Waals surface area contributed by atoms with Gasteiger partial charge in [-0.3, -0.25) is 0 Å². The molecule has 0 heterocycles. The molecular formula is C14H28. The Hall–Kier alpha value is -0.260. The maximum absolute atomic E-state index is 4.13. The van der Waals surface area contributed by atoms with Crippen LogP contribution in [0.25, 0.3) is 0 Å². The number of rotatable bonds is 8. The molecule has 84 valence electrons. The fourth-order valence-electron chi connectivity index (χ4n) is 2.04. The molecule has 0 aromatic rings. The van der Waals surface area contributed by atoms with Gasteiger partial charge in [-0.25, -0.2) is 0 Å². The molecule has 0 radical (unpaired) electrons. The summed E-state index contributed by atoms with van der Waals surface area (Å²) in [5, 5.41) is 0. The van der Waals surface area contributed by atoms with Crippen LogP contribution in [0, 0.1) is 11.8 Å². The third kappa shape index (κ3) is 7.17. The minimum absolute atomic E-state index is 0.847. The molecule has 1 atom stereocenters. The molecule has 0 amide bonds. The van der Waals surface area contributed by atoms with Crippen molar-refractivity contribution in [2.24, 2.45) is 11.8 Å². The zero-order valence-electron chi connectivity index (χ0n) is 10.6. The largest absolute Gasteiger partial charge is 0.0999 e. The van der Waals surface area contributed by atoms with Crippen molar-refractivity contribution in [3.05, 3.63) is 12.2 Å². The van der Waals surface area contributed by atoms with Gasteiger partial charge >= 0.3 is 0 Å². The number of hydrogen-bond donors (Lipinski definition) is 0. The van der Waals surface area contributed by atoms with E-state index in [1.165, 1.54) is 44.1 Å². The highest BCUT2D eigenvalue weighted by Gasteiger charge is 2.08. The summed E-state index contributed by atoms with van der Waals surface area (Å²) in [5.74, 6) is 1.77. The Morgan fingerprint density at radius 3 is 2.21 bits per heavy atom. The van der Waals surface area contributed by atoms with Gasteiger partial charge in [0.05, 0.1) is 0 Å². The predicted octanol–water partition coefficient (Wildman–Crippen LogP) is 5.20. The first-order chi connectivity index (χ1) is 6.60. The van der Waals surface area contributed by atoms with Crippen LogP contribution in [0.4, 0.5) is 0 Å². The maximum atomic E-state index is 4.13. The zero-order valence-corrected chi connectivity index (χ0v) is 10.6. The molecule has 0 heteroatoms. The molecular weight excluding hydrogens is 168 g/mol. The molecule has 0 aliphatic heterocycles. The van der Waals surface area contributed by atoms with Gasteiger partial charge in [0, 0.05) is 0 Å². The molecule has 0 aromatic heterocycles. The second-order valence-electron chi connectivity index (χ2n) is 4.94. The normalized spacial score (nSPS) is 13.2. The van der Waals surface area contributed by atoms with Crippen LogP contribution in [0.2, 0.25) is 0 Å². The summed E-state index contributed by atoms with van der Waals surface area (Å²) in [6.45, 7) is 13.3. The smallest absolute Gasteiger partial charge is 0.0320 e. The monoisotopic (exact) mass is 196 g/mol. The SMILES string of the molecule is C=C(CCC)CCC(CC)CC(C)C. The summed E-state index contributed by atoms with van der Waals surface area (Å²) in [7, 11) is 0. The lowest BCUT2D eigenvalue weighted by molar-refractivity contribution is 0.375. The first-order valence-electron chi connectivity index (χ1n) is 6.26. The van der Waals surface area contributed by atoms with Crippen molar-refractivity contribution in [2.45, 2.75) is 66.2 Å². The number of hydrogen-bond acceptors (Lipinski definition) is 0. The highest BCUT2D eigenvalue weighted by atomic mass is 14.1. The topological polar surface area (TPSA) is 0 Å². The van der Waals surface area contributed by atoms with Crippen LogP contribution in [-0.2, 0) is 0 Å². The molecule has 0 N–H and O–H groups in total. The van der Waals surface area contributed by atoms with Gasteiger partial charge in [-0.1, -0.05) is 52.7 Å². The van der Waals surface area contributed by atoms with Crippen LogP contribution >= 0.6 is 0 Å². The van der Waals surface area contributed by atoms with Gasteiger partial charge in [0.15, 0.2) is 0 Å². The molecule has 0 saturated carbocycles. The van der Waals surface area contributed by atoms with Crippen molar-refractivity contribution in [1.29, 1.82) is 0 Å². The Balaban J connectivity index is 3.66. The van der Waals surface area contributed by atoms with Gasteiger partial charge in [0.25, 0.3) is 0 Å². The van der Waals surface area contributed by atoms with E-state index < -0.39 is 0 Å². The molecule has 0 rings (SSSR count). The molecule has 1 unspecified atom stereocenters.